The topological polar surface area (TPSA) is 161 Å². The summed E-state index contributed by atoms with van der Waals surface area (Å²) in [5, 5.41) is 36.6. The van der Waals surface area contributed by atoms with Crippen LogP contribution in [0.15, 0.2) is 0 Å². The lowest BCUT2D eigenvalue weighted by Gasteiger charge is -2.21. The molecular formula is C32H72O7S2. The number of hydrogen-bond donors (Lipinski definition) is 4. The molecule has 0 heterocycles. The molecule has 0 radical (unpaired) electrons. The van der Waals surface area contributed by atoms with Crippen molar-refractivity contribution in [1.82, 2.24) is 0 Å². The van der Waals surface area contributed by atoms with Gasteiger partial charge in [0.05, 0.1) is 0 Å². The highest BCUT2D eigenvalue weighted by molar-refractivity contribution is 7.99. The molecule has 0 fully saturated rings. The Labute approximate surface area is 261 Å². The van der Waals surface area contributed by atoms with Gasteiger partial charge < -0.3 is 31.4 Å². The Bertz CT molecular complexity index is 549. The second-order valence-electron chi connectivity index (χ2n) is 14.6. The van der Waals surface area contributed by atoms with E-state index in [-0.39, 0.29) is 45.8 Å². The van der Waals surface area contributed by atoms with Gasteiger partial charge in [0.2, 0.25) is 0 Å². The van der Waals surface area contributed by atoms with E-state index in [2.05, 4.69) is 55.4 Å². The molecule has 254 valence electrons. The Morgan fingerprint density at radius 2 is 0.707 bits per heavy atom. The summed E-state index contributed by atoms with van der Waals surface area (Å²) in [6, 6.07) is 0. The maximum absolute atomic E-state index is 11.8. The lowest BCUT2D eigenvalue weighted by molar-refractivity contribution is 0.147. The first-order valence-electron chi connectivity index (χ1n) is 15.4. The van der Waals surface area contributed by atoms with Gasteiger partial charge in [-0.15, -0.1) is 0 Å². The summed E-state index contributed by atoms with van der Waals surface area (Å²) < 4.78 is 11.8. The zero-order valence-corrected chi connectivity index (χ0v) is 29.8. The van der Waals surface area contributed by atoms with Gasteiger partial charge in [-0.1, -0.05) is 81.1 Å². The first kappa shape index (κ1) is 48.2. The largest absolute Gasteiger partial charge is 0.412 e. The number of aliphatic hydroxyl groups is 4. The van der Waals surface area contributed by atoms with E-state index in [4.69, 9.17) is 20.4 Å². The summed E-state index contributed by atoms with van der Waals surface area (Å²) in [7, 11) is -0.705. The minimum Gasteiger partial charge on any atom is -0.412 e. The van der Waals surface area contributed by atoms with Gasteiger partial charge in [0.25, 0.3) is 0 Å². The second-order valence-corrected chi connectivity index (χ2v) is 17.5. The molecule has 0 aromatic carbocycles. The van der Waals surface area contributed by atoms with Gasteiger partial charge >= 0.3 is 0 Å². The molecule has 0 spiro atoms. The maximum atomic E-state index is 11.8. The predicted molar refractivity (Wildman–Crippen MR) is 181 cm³/mol. The highest BCUT2D eigenvalue weighted by atomic mass is 32.2. The van der Waals surface area contributed by atoms with Gasteiger partial charge in [-0.2, -0.15) is 11.8 Å². The van der Waals surface area contributed by atoms with Crippen LogP contribution in [0.2, 0.25) is 0 Å². The van der Waals surface area contributed by atoms with Crippen molar-refractivity contribution in [1.29, 1.82) is 0 Å². The van der Waals surface area contributed by atoms with Crippen LogP contribution >= 0.6 is 11.8 Å². The second kappa shape index (κ2) is 26.6. The molecule has 8 N–H and O–H groups in total. The molecule has 0 aliphatic heterocycles. The number of thioether (sulfide) groups is 1. The fraction of sp³-hybridized carbons (Fsp3) is 1.00. The Morgan fingerprint density at radius 1 is 0.463 bits per heavy atom. The standard InChI is InChI=1S/C16H34O3S.C16H34O2S.2H2O/c1-15(2,13-17)9-5-7-11-20(19)12-8-6-10-16(3,4)14-18;1-15(2,13-17)9-5-7-11-19-12-8-6-10-16(3,4)14-18;;/h17-18H,5-14H2,1-4H3;17-18H,5-14H2,1-4H3;2*1H2. The van der Waals surface area contributed by atoms with Crippen LogP contribution in [0.1, 0.15) is 132 Å². The van der Waals surface area contributed by atoms with E-state index in [1.807, 2.05) is 11.8 Å². The molecule has 0 aliphatic rings. The monoisotopic (exact) mass is 632 g/mol. The van der Waals surface area contributed by atoms with Crippen LogP contribution in [0.5, 0.6) is 0 Å². The zero-order valence-electron chi connectivity index (χ0n) is 28.2. The van der Waals surface area contributed by atoms with Crippen LogP contribution in [0.3, 0.4) is 0 Å². The van der Waals surface area contributed by atoms with Crippen molar-refractivity contribution in [2.75, 3.05) is 49.4 Å². The summed E-state index contributed by atoms with van der Waals surface area (Å²) in [6.07, 6.45) is 13.2. The lowest BCUT2D eigenvalue weighted by Crippen LogP contribution is -2.17. The van der Waals surface area contributed by atoms with E-state index in [9.17, 15) is 4.21 Å². The molecule has 0 aromatic rings. The van der Waals surface area contributed by atoms with Crippen LogP contribution in [-0.4, -0.2) is 85.0 Å². The first-order valence-corrected chi connectivity index (χ1v) is 18.1. The summed E-state index contributed by atoms with van der Waals surface area (Å²) >= 11 is 2.04. The molecule has 0 aromatic heterocycles. The van der Waals surface area contributed by atoms with Crippen molar-refractivity contribution in [3.63, 3.8) is 0 Å². The van der Waals surface area contributed by atoms with E-state index >= 15 is 0 Å². The average molecular weight is 633 g/mol. The molecule has 9 heteroatoms. The summed E-state index contributed by atoms with van der Waals surface area (Å²) in [5.74, 6) is 4.05. The van der Waals surface area contributed by atoms with Crippen molar-refractivity contribution in [3.8, 4) is 0 Å². The van der Waals surface area contributed by atoms with Crippen molar-refractivity contribution >= 4 is 22.6 Å². The van der Waals surface area contributed by atoms with Gasteiger partial charge in [0.1, 0.15) is 0 Å². The number of aliphatic hydroxyl groups excluding tert-OH is 4. The quantitative estimate of drug-likeness (QED) is 0.102. The van der Waals surface area contributed by atoms with Crippen LogP contribution < -0.4 is 0 Å². The highest BCUT2D eigenvalue weighted by Crippen LogP contribution is 2.25. The summed E-state index contributed by atoms with van der Waals surface area (Å²) in [4.78, 5) is 0. The van der Waals surface area contributed by atoms with E-state index in [0.717, 1.165) is 62.9 Å². The Balaban J connectivity index is -0.000000319. The molecule has 0 aliphatic carbocycles. The molecule has 0 saturated carbocycles. The van der Waals surface area contributed by atoms with Crippen LogP contribution in [-0.2, 0) is 10.8 Å². The van der Waals surface area contributed by atoms with Crippen molar-refractivity contribution in [2.24, 2.45) is 21.7 Å². The normalized spacial score (nSPS) is 12.4. The molecule has 7 nitrogen and oxygen atoms in total. The number of rotatable bonds is 24. The molecule has 41 heavy (non-hydrogen) atoms. The maximum Gasteiger partial charge on any atom is 0.0482 e. The molecular weight excluding hydrogens is 560 g/mol. The first-order chi connectivity index (χ1) is 18.1. The van der Waals surface area contributed by atoms with Crippen LogP contribution in [0.25, 0.3) is 0 Å². The van der Waals surface area contributed by atoms with Gasteiger partial charge in [-0.05, 0) is 84.5 Å². The third-order valence-corrected chi connectivity index (χ3v) is 10.1. The fourth-order valence-corrected chi connectivity index (χ4v) is 6.15. The highest BCUT2D eigenvalue weighted by Gasteiger charge is 2.18. The predicted octanol–water partition coefficient (Wildman–Crippen LogP) is 5.56. The third kappa shape index (κ3) is 33.0. The summed E-state index contributed by atoms with van der Waals surface area (Å²) in [6.45, 7) is 17.8. The van der Waals surface area contributed by atoms with E-state index in [1.54, 1.807) is 0 Å². The molecule has 0 atom stereocenters. The Kier molecular flexibility index (Phi) is 31.3. The van der Waals surface area contributed by atoms with Crippen LogP contribution in [0, 0.1) is 21.7 Å². The van der Waals surface area contributed by atoms with Crippen molar-refractivity contribution < 1.29 is 35.6 Å². The van der Waals surface area contributed by atoms with Crippen LogP contribution in [0.4, 0.5) is 0 Å². The number of hydrogen-bond acceptors (Lipinski definition) is 6. The Hall–Kier alpha value is 0.260. The SMILES string of the molecule is CC(C)(CO)CCCCS(=O)CCCCC(C)(C)CO.CC(C)(CO)CCCCSCCCCC(C)(C)CO.O.O. The number of unbranched alkanes of at least 4 members (excludes halogenated alkanes) is 4. The molecule has 0 saturated heterocycles. The van der Waals surface area contributed by atoms with E-state index < -0.39 is 10.8 Å². The lowest BCUT2D eigenvalue weighted by atomic mass is 9.88. The average Bonchev–Trinajstić information content (AvgIpc) is 2.88. The molecule has 0 unspecified atom stereocenters. The zero-order chi connectivity index (χ0) is 30.4. The third-order valence-electron chi connectivity index (χ3n) is 7.45. The smallest absolute Gasteiger partial charge is 0.0482 e. The van der Waals surface area contributed by atoms with E-state index in [0.29, 0.717) is 13.2 Å². The molecule has 0 amide bonds. The minimum absolute atomic E-state index is 0. The van der Waals surface area contributed by atoms with Gasteiger partial charge in [-0.3, -0.25) is 4.21 Å². The van der Waals surface area contributed by atoms with Crippen molar-refractivity contribution in [3.05, 3.63) is 0 Å². The van der Waals surface area contributed by atoms with E-state index in [1.165, 1.54) is 37.2 Å². The van der Waals surface area contributed by atoms with Crippen molar-refractivity contribution in [2.45, 2.75) is 132 Å². The minimum atomic E-state index is -0.705. The fourth-order valence-electron chi connectivity index (χ4n) is 3.87. The Morgan fingerprint density at radius 3 is 0.951 bits per heavy atom. The molecule has 0 rings (SSSR count). The van der Waals surface area contributed by atoms with Gasteiger partial charge in [0, 0.05) is 48.7 Å². The summed E-state index contributed by atoms with van der Waals surface area (Å²) in [5.41, 5.74) is 0.190. The van der Waals surface area contributed by atoms with Gasteiger partial charge in [-0.25, -0.2) is 0 Å². The molecule has 0 bridgehead atoms. The van der Waals surface area contributed by atoms with Gasteiger partial charge in [0.15, 0.2) is 0 Å².